The van der Waals surface area contributed by atoms with Gasteiger partial charge in [-0.25, -0.2) is 13.1 Å². The van der Waals surface area contributed by atoms with Gasteiger partial charge in [-0.05, 0) is 42.1 Å². The first-order valence-corrected chi connectivity index (χ1v) is 7.79. The van der Waals surface area contributed by atoms with Crippen LogP contribution in [0.5, 0.6) is 0 Å². The molecule has 100 valence electrons. The fourth-order valence-electron chi connectivity index (χ4n) is 1.98. The Bertz CT molecular complexity index is 524. The van der Waals surface area contributed by atoms with Crippen LogP contribution in [0.15, 0.2) is 23.1 Å². The Balaban J connectivity index is 2.22. The third kappa shape index (κ3) is 3.10. The smallest absolute Gasteiger partial charge is 0.240 e. The second kappa shape index (κ2) is 5.38. The summed E-state index contributed by atoms with van der Waals surface area (Å²) >= 11 is 0. The van der Waals surface area contributed by atoms with E-state index >= 15 is 0 Å². The monoisotopic (exact) mass is 268 g/mol. The molecule has 0 atom stereocenters. The van der Waals surface area contributed by atoms with E-state index in [9.17, 15) is 8.42 Å². The predicted molar refractivity (Wildman–Crippen MR) is 71.9 cm³/mol. The van der Waals surface area contributed by atoms with E-state index in [0.29, 0.717) is 17.4 Å². The largest absolute Gasteiger partial charge is 0.312 e. The maximum Gasteiger partial charge on any atom is 0.240 e. The van der Waals surface area contributed by atoms with Crippen LogP contribution in [0.3, 0.4) is 0 Å². The van der Waals surface area contributed by atoms with Crippen molar-refractivity contribution in [1.82, 2.24) is 10.0 Å². The SMILES string of the molecule is CC(C)CNS(=O)(=O)c1ccc2c(c1)CNCC2. The van der Waals surface area contributed by atoms with Gasteiger partial charge < -0.3 is 5.32 Å². The Morgan fingerprint density at radius 1 is 1.33 bits per heavy atom. The molecular formula is C13H20N2O2S. The first-order valence-electron chi connectivity index (χ1n) is 6.31. The van der Waals surface area contributed by atoms with Crippen molar-refractivity contribution in [2.75, 3.05) is 13.1 Å². The lowest BCUT2D eigenvalue weighted by molar-refractivity contribution is 0.559. The van der Waals surface area contributed by atoms with Gasteiger partial charge in [0, 0.05) is 13.1 Å². The summed E-state index contributed by atoms with van der Waals surface area (Å²) in [7, 11) is -3.37. The minimum atomic E-state index is -3.37. The number of sulfonamides is 1. The van der Waals surface area contributed by atoms with Crippen molar-refractivity contribution in [3.63, 3.8) is 0 Å². The van der Waals surface area contributed by atoms with Crippen LogP contribution in [0.1, 0.15) is 25.0 Å². The van der Waals surface area contributed by atoms with E-state index in [2.05, 4.69) is 10.0 Å². The first-order chi connectivity index (χ1) is 8.49. The fourth-order valence-corrected chi connectivity index (χ4v) is 3.25. The minimum absolute atomic E-state index is 0.305. The summed E-state index contributed by atoms with van der Waals surface area (Å²) in [6, 6.07) is 5.41. The van der Waals surface area contributed by atoms with Crippen molar-refractivity contribution in [3.8, 4) is 0 Å². The molecule has 0 bridgehead atoms. The fraction of sp³-hybridized carbons (Fsp3) is 0.538. The standard InChI is InChI=1S/C13H20N2O2S/c1-10(2)8-15-18(16,17)13-4-3-11-5-6-14-9-12(11)7-13/h3-4,7,10,14-15H,5-6,8-9H2,1-2H3. The van der Waals surface area contributed by atoms with Crippen LogP contribution in [0.2, 0.25) is 0 Å². The molecule has 1 aromatic rings. The predicted octanol–water partition coefficient (Wildman–Crippen LogP) is 1.27. The molecule has 2 rings (SSSR count). The number of benzene rings is 1. The molecule has 0 radical (unpaired) electrons. The van der Waals surface area contributed by atoms with Gasteiger partial charge in [-0.15, -0.1) is 0 Å². The van der Waals surface area contributed by atoms with E-state index < -0.39 is 10.0 Å². The molecule has 0 spiro atoms. The van der Waals surface area contributed by atoms with Crippen molar-refractivity contribution in [3.05, 3.63) is 29.3 Å². The van der Waals surface area contributed by atoms with Crippen LogP contribution in [0, 0.1) is 5.92 Å². The number of nitrogens with one attached hydrogen (secondary N) is 2. The third-order valence-corrected chi connectivity index (χ3v) is 4.48. The van der Waals surface area contributed by atoms with E-state index in [0.717, 1.165) is 25.1 Å². The summed E-state index contributed by atoms with van der Waals surface area (Å²) in [5.41, 5.74) is 2.34. The summed E-state index contributed by atoms with van der Waals surface area (Å²) in [4.78, 5) is 0.366. The van der Waals surface area contributed by atoms with Gasteiger partial charge in [0.2, 0.25) is 10.0 Å². The van der Waals surface area contributed by atoms with Gasteiger partial charge in [0.1, 0.15) is 0 Å². The molecule has 0 saturated carbocycles. The molecule has 1 aromatic carbocycles. The molecule has 1 aliphatic heterocycles. The Morgan fingerprint density at radius 2 is 2.11 bits per heavy atom. The zero-order chi connectivity index (χ0) is 13.2. The number of rotatable bonds is 4. The summed E-state index contributed by atoms with van der Waals surface area (Å²) in [5.74, 6) is 0.305. The molecule has 0 amide bonds. The molecular weight excluding hydrogens is 248 g/mol. The molecule has 0 aliphatic carbocycles. The van der Waals surface area contributed by atoms with Gasteiger partial charge in [0.15, 0.2) is 0 Å². The summed E-state index contributed by atoms with van der Waals surface area (Å²) in [6.07, 6.45) is 0.967. The van der Waals surface area contributed by atoms with Crippen LogP contribution < -0.4 is 10.0 Å². The maximum absolute atomic E-state index is 12.1. The molecule has 1 heterocycles. The van der Waals surface area contributed by atoms with E-state index in [1.54, 1.807) is 12.1 Å². The average molecular weight is 268 g/mol. The van der Waals surface area contributed by atoms with Gasteiger partial charge in [-0.2, -0.15) is 0 Å². The highest BCUT2D eigenvalue weighted by Gasteiger charge is 2.17. The van der Waals surface area contributed by atoms with Crippen LogP contribution in [-0.2, 0) is 23.0 Å². The van der Waals surface area contributed by atoms with Crippen LogP contribution in [0.4, 0.5) is 0 Å². The normalized spacial score (nSPS) is 15.7. The van der Waals surface area contributed by atoms with Crippen LogP contribution in [-0.4, -0.2) is 21.5 Å². The van der Waals surface area contributed by atoms with E-state index in [4.69, 9.17) is 0 Å². The van der Waals surface area contributed by atoms with Crippen molar-refractivity contribution in [1.29, 1.82) is 0 Å². The molecule has 1 aliphatic rings. The second-order valence-electron chi connectivity index (χ2n) is 5.10. The molecule has 18 heavy (non-hydrogen) atoms. The van der Waals surface area contributed by atoms with Crippen molar-refractivity contribution in [2.24, 2.45) is 5.92 Å². The van der Waals surface area contributed by atoms with Crippen LogP contribution >= 0.6 is 0 Å². The molecule has 0 fully saturated rings. The number of hydrogen-bond donors (Lipinski definition) is 2. The highest BCUT2D eigenvalue weighted by Crippen LogP contribution is 2.18. The maximum atomic E-state index is 12.1. The zero-order valence-corrected chi connectivity index (χ0v) is 11.7. The molecule has 2 N–H and O–H groups in total. The van der Waals surface area contributed by atoms with Gasteiger partial charge in [0.05, 0.1) is 4.90 Å². The highest BCUT2D eigenvalue weighted by molar-refractivity contribution is 7.89. The average Bonchev–Trinajstić information content (AvgIpc) is 2.36. The van der Waals surface area contributed by atoms with Gasteiger partial charge in [-0.1, -0.05) is 19.9 Å². The number of fused-ring (bicyclic) bond motifs is 1. The summed E-state index contributed by atoms with van der Waals surface area (Å²) in [6.45, 7) is 6.16. The third-order valence-electron chi connectivity index (χ3n) is 3.06. The number of hydrogen-bond acceptors (Lipinski definition) is 3. The van der Waals surface area contributed by atoms with Gasteiger partial charge in [-0.3, -0.25) is 0 Å². The lowest BCUT2D eigenvalue weighted by Gasteiger charge is -2.18. The van der Waals surface area contributed by atoms with Crippen LogP contribution in [0.25, 0.3) is 0 Å². The van der Waals surface area contributed by atoms with Gasteiger partial charge in [0.25, 0.3) is 0 Å². The Kier molecular flexibility index (Phi) is 4.04. The lowest BCUT2D eigenvalue weighted by atomic mass is 10.0. The topological polar surface area (TPSA) is 58.2 Å². The Labute approximate surface area is 109 Å². The molecule has 0 saturated heterocycles. The Hall–Kier alpha value is -0.910. The molecule has 4 nitrogen and oxygen atoms in total. The van der Waals surface area contributed by atoms with Crippen molar-refractivity contribution in [2.45, 2.75) is 31.7 Å². The zero-order valence-electron chi connectivity index (χ0n) is 10.9. The van der Waals surface area contributed by atoms with Crippen molar-refractivity contribution >= 4 is 10.0 Å². The quantitative estimate of drug-likeness (QED) is 0.864. The molecule has 0 unspecified atom stereocenters. The van der Waals surface area contributed by atoms with E-state index in [-0.39, 0.29) is 0 Å². The second-order valence-corrected chi connectivity index (χ2v) is 6.87. The summed E-state index contributed by atoms with van der Waals surface area (Å²) in [5, 5.41) is 3.25. The minimum Gasteiger partial charge on any atom is -0.312 e. The highest BCUT2D eigenvalue weighted by atomic mass is 32.2. The van der Waals surface area contributed by atoms with E-state index in [1.165, 1.54) is 5.56 Å². The van der Waals surface area contributed by atoms with E-state index in [1.807, 2.05) is 19.9 Å². The first kappa shape index (κ1) is 13.5. The summed E-state index contributed by atoms with van der Waals surface area (Å²) < 4.78 is 26.8. The lowest BCUT2D eigenvalue weighted by Crippen LogP contribution is -2.28. The van der Waals surface area contributed by atoms with Crippen molar-refractivity contribution < 1.29 is 8.42 Å². The van der Waals surface area contributed by atoms with Gasteiger partial charge >= 0.3 is 0 Å². The molecule has 5 heteroatoms. The Morgan fingerprint density at radius 3 is 2.83 bits per heavy atom. The molecule has 0 aromatic heterocycles.